The highest BCUT2D eigenvalue weighted by atomic mass is 32.2. The van der Waals surface area contributed by atoms with Gasteiger partial charge in [0.05, 0.1) is 17.3 Å². The predicted octanol–water partition coefficient (Wildman–Crippen LogP) is 3.11. The Labute approximate surface area is 354 Å². The summed E-state index contributed by atoms with van der Waals surface area (Å²) in [6, 6.07) is -4.57. The lowest BCUT2D eigenvalue weighted by Gasteiger charge is -2.43. The Morgan fingerprint density at radius 3 is 2.08 bits per heavy atom. The zero-order chi connectivity index (χ0) is 45.0. The number of nitrogens with one attached hydrogen (secondary N) is 3. The molecule has 2 rings (SSSR count). The lowest BCUT2D eigenvalue weighted by molar-refractivity contribution is -0.142. The van der Waals surface area contributed by atoms with E-state index in [4.69, 9.17) is 10.8 Å². The van der Waals surface area contributed by atoms with E-state index in [2.05, 4.69) is 29.8 Å². The number of likely N-dealkylation sites (tertiary alicyclic amines) is 1. The molecule has 0 radical (unpaired) electrons. The molecular formula is C42H70N6O10S. The number of rotatable bonds is 23. The number of amides is 5. The molecule has 1 saturated heterocycles. The molecule has 6 atom stereocenters. The van der Waals surface area contributed by atoms with E-state index in [1.165, 1.54) is 18.2 Å². The quantitative estimate of drug-likeness (QED) is 0.0640. The highest BCUT2D eigenvalue weighted by Gasteiger charge is 2.44. The summed E-state index contributed by atoms with van der Waals surface area (Å²) in [6.45, 7) is 15.2. The minimum absolute atomic E-state index is 0.0135. The van der Waals surface area contributed by atoms with Crippen LogP contribution in [0.15, 0.2) is 11.6 Å². The molecular weight excluding hydrogens is 781 g/mol. The second kappa shape index (κ2) is 22.7. The van der Waals surface area contributed by atoms with Crippen LogP contribution in [0.3, 0.4) is 0 Å². The van der Waals surface area contributed by atoms with Crippen LogP contribution in [0, 0.1) is 22.7 Å². The number of likely N-dealkylation sites (N-methyl/N-ethyl adjacent to an activating group) is 2. The van der Waals surface area contributed by atoms with Crippen molar-refractivity contribution < 1.29 is 48.6 Å². The van der Waals surface area contributed by atoms with Gasteiger partial charge in [-0.05, 0) is 62.3 Å². The fourth-order valence-corrected chi connectivity index (χ4v) is 9.05. The first-order valence-corrected chi connectivity index (χ1v) is 21.8. The molecule has 16 nitrogen and oxygen atoms in total. The van der Waals surface area contributed by atoms with Gasteiger partial charge in [-0.25, -0.2) is 4.79 Å². The topological polar surface area (TPSA) is 246 Å². The van der Waals surface area contributed by atoms with Crippen LogP contribution in [-0.2, 0) is 38.4 Å². The number of aliphatic carboxylic acids is 2. The number of carbonyl (C=O) groups excluding carboxylic acids is 6. The number of imide groups is 1. The Kier molecular flexibility index (Phi) is 19.7. The zero-order valence-corrected chi connectivity index (χ0v) is 37.5. The standard InChI is InChI=1S/C42H70N6O10S/c1-24(2)30(47(10)38(54)34(41(4,5)6)46-36(52)33(44-9)42(7,8)26-15-12-11-13-16-26)21-25(3)35(51)45-29(40(57)58)19-18-27(49)17-14-20-48-32(50)22-31(37(48)53)59-23-28(43)39(55)56/h21,24,26,28-31,33-34,44H,11-20,22-23,43H2,1-10H3,(H,45,51)(H,46,52)(H,55,56)(H,57,58)/b25-21+/t28-,29+,30+,31?,33+,34+/m0/s1. The molecule has 1 unspecified atom stereocenters. The number of nitrogens with zero attached hydrogens (tertiary/aromatic N) is 2. The van der Waals surface area contributed by atoms with Crippen molar-refractivity contribution in [3.8, 4) is 0 Å². The smallest absolute Gasteiger partial charge is 0.326 e. The normalized spacial score (nSPS) is 19.5. The molecule has 0 aromatic rings. The van der Waals surface area contributed by atoms with Gasteiger partial charge in [0.2, 0.25) is 29.5 Å². The van der Waals surface area contributed by atoms with Crippen LogP contribution in [0.4, 0.5) is 0 Å². The zero-order valence-electron chi connectivity index (χ0n) is 36.7. The molecule has 2 fully saturated rings. The minimum atomic E-state index is -1.39. The average Bonchev–Trinajstić information content (AvgIpc) is 3.43. The van der Waals surface area contributed by atoms with Crippen LogP contribution in [0.25, 0.3) is 0 Å². The number of nitrogens with two attached hydrogens (primary N) is 1. The molecule has 0 spiro atoms. The predicted molar refractivity (Wildman–Crippen MR) is 226 cm³/mol. The second-order valence-corrected chi connectivity index (χ2v) is 19.4. The molecule has 2 aliphatic rings. The van der Waals surface area contributed by atoms with Crippen LogP contribution < -0.4 is 21.7 Å². The monoisotopic (exact) mass is 850 g/mol. The van der Waals surface area contributed by atoms with Gasteiger partial charge in [-0.2, -0.15) is 0 Å². The molecule has 1 aliphatic heterocycles. The summed E-state index contributed by atoms with van der Waals surface area (Å²) < 4.78 is 0. The summed E-state index contributed by atoms with van der Waals surface area (Å²) in [5.74, 6) is -4.85. The SMILES string of the molecule is CN[C@H](C(=O)N[C@H](C(=O)N(C)[C@H](/C=C(\C)C(=O)N[C@H](CCC(=O)CCCN1C(=O)CC(SC[C@H](N)C(=O)O)C1=O)C(=O)O)C(C)C)C(C)(C)C)C(C)(C)C1CCCCC1. The fraction of sp³-hybridized carbons (Fsp3) is 0.762. The molecule has 1 saturated carbocycles. The number of hydrogen-bond donors (Lipinski definition) is 6. The largest absolute Gasteiger partial charge is 0.480 e. The Bertz CT molecular complexity index is 1570. The van der Waals surface area contributed by atoms with Crippen LogP contribution in [0.1, 0.15) is 120 Å². The van der Waals surface area contributed by atoms with E-state index in [0.717, 1.165) is 42.3 Å². The van der Waals surface area contributed by atoms with Gasteiger partial charge in [0.15, 0.2) is 0 Å². The number of ketones is 1. The molecule has 0 aromatic carbocycles. The molecule has 17 heteroatoms. The molecule has 334 valence electrons. The van der Waals surface area contributed by atoms with Crippen molar-refractivity contribution in [2.24, 2.45) is 28.4 Å². The van der Waals surface area contributed by atoms with E-state index in [-0.39, 0.29) is 78.9 Å². The third-order valence-corrected chi connectivity index (χ3v) is 13.1. The highest BCUT2D eigenvalue weighted by molar-refractivity contribution is 8.00. The molecule has 59 heavy (non-hydrogen) atoms. The number of carbonyl (C=O) groups is 8. The van der Waals surface area contributed by atoms with Crippen LogP contribution in [0.2, 0.25) is 0 Å². The van der Waals surface area contributed by atoms with Crippen molar-refractivity contribution in [1.82, 2.24) is 25.8 Å². The van der Waals surface area contributed by atoms with Crippen molar-refractivity contribution in [2.45, 2.75) is 155 Å². The first-order chi connectivity index (χ1) is 27.3. The average molecular weight is 851 g/mol. The van der Waals surface area contributed by atoms with Gasteiger partial charge in [0, 0.05) is 44.2 Å². The third-order valence-electron chi connectivity index (χ3n) is 11.8. The van der Waals surface area contributed by atoms with E-state index in [9.17, 15) is 43.5 Å². The molecule has 1 heterocycles. The van der Waals surface area contributed by atoms with Gasteiger partial charge >= 0.3 is 11.9 Å². The molecule has 0 bridgehead atoms. The second-order valence-electron chi connectivity index (χ2n) is 18.1. The summed E-state index contributed by atoms with van der Waals surface area (Å²) in [5.41, 5.74) is 4.65. The Balaban J connectivity index is 2.05. The van der Waals surface area contributed by atoms with Crippen molar-refractivity contribution in [3.05, 3.63) is 11.6 Å². The maximum absolute atomic E-state index is 14.3. The molecule has 0 aromatic heterocycles. The lowest BCUT2D eigenvalue weighted by atomic mass is 9.66. The number of hydrogen-bond acceptors (Lipinski definition) is 11. The molecule has 1 aliphatic carbocycles. The first kappa shape index (κ1) is 51.3. The van der Waals surface area contributed by atoms with Gasteiger partial charge < -0.3 is 36.8 Å². The van der Waals surface area contributed by atoms with E-state index >= 15 is 0 Å². The first-order valence-electron chi connectivity index (χ1n) is 20.8. The maximum atomic E-state index is 14.3. The van der Waals surface area contributed by atoms with Crippen molar-refractivity contribution in [3.63, 3.8) is 0 Å². The third kappa shape index (κ3) is 14.7. The van der Waals surface area contributed by atoms with E-state index in [1.54, 1.807) is 20.2 Å². The number of carboxylic acid groups (broad SMARTS) is 2. The molecule has 7 N–H and O–H groups in total. The van der Waals surface area contributed by atoms with E-state index in [1.807, 2.05) is 34.6 Å². The van der Waals surface area contributed by atoms with Crippen molar-refractivity contribution in [2.75, 3.05) is 26.4 Å². The Hall–Kier alpha value is -3.83. The summed E-state index contributed by atoms with van der Waals surface area (Å²) in [4.78, 5) is 105. The minimum Gasteiger partial charge on any atom is -0.480 e. The number of carboxylic acids is 2. The van der Waals surface area contributed by atoms with Gasteiger partial charge in [0.1, 0.15) is 23.9 Å². The van der Waals surface area contributed by atoms with Gasteiger partial charge in [-0.1, -0.05) is 73.8 Å². The van der Waals surface area contributed by atoms with Crippen molar-refractivity contribution in [1.29, 1.82) is 0 Å². The van der Waals surface area contributed by atoms with Gasteiger partial charge in [0.25, 0.3) is 0 Å². The van der Waals surface area contributed by atoms with Gasteiger partial charge in [-0.15, -0.1) is 11.8 Å². The number of thioether (sulfide) groups is 1. The fourth-order valence-electron chi connectivity index (χ4n) is 7.93. The molecule has 5 amide bonds. The maximum Gasteiger partial charge on any atom is 0.326 e. The summed E-state index contributed by atoms with van der Waals surface area (Å²) >= 11 is 1.00. The van der Waals surface area contributed by atoms with E-state index < -0.39 is 70.5 Å². The van der Waals surface area contributed by atoms with Crippen LogP contribution in [-0.4, -0.2) is 129 Å². The Morgan fingerprint density at radius 1 is 0.949 bits per heavy atom. The number of Topliss-reactive ketones (excluding diaryl/α,β-unsaturated/α-hetero) is 1. The lowest BCUT2D eigenvalue weighted by Crippen LogP contribution is -2.61. The van der Waals surface area contributed by atoms with Crippen LogP contribution >= 0.6 is 11.8 Å². The Morgan fingerprint density at radius 2 is 1.56 bits per heavy atom. The summed E-state index contributed by atoms with van der Waals surface area (Å²) in [7, 11) is 3.39. The van der Waals surface area contributed by atoms with Crippen LogP contribution in [0.5, 0.6) is 0 Å². The van der Waals surface area contributed by atoms with Gasteiger partial charge in [-0.3, -0.25) is 38.5 Å². The summed E-state index contributed by atoms with van der Waals surface area (Å²) in [5, 5.41) is 26.9. The van der Waals surface area contributed by atoms with Crippen molar-refractivity contribution >= 4 is 59.0 Å². The van der Waals surface area contributed by atoms with E-state index in [0.29, 0.717) is 5.92 Å². The highest BCUT2D eigenvalue weighted by Crippen LogP contribution is 2.41. The summed E-state index contributed by atoms with van der Waals surface area (Å²) in [6.07, 6.45) is 6.84.